The Morgan fingerprint density at radius 3 is 2.23 bits per heavy atom. The molecule has 2 aromatic heterocycles. The summed E-state index contributed by atoms with van der Waals surface area (Å²) in [5.41, 5.74) is 5.86. The molecule has 0 bridgehead atoms. The Labute approximate surface area is 158 Å². The van der Waals surface area contributed by atoms with Gasteiger partial charge in [0.2, 0.25) is 19.9 Å². The third kappa shape index (κ3) is 3.57. The van der Waals surface area contributed by atoms with Crippen molar-refractivity contribution in [3.8, 4) is 10.6 Å². The molecule has 12 heteroatoms. The van der Waals surface area contributed by atoms with Crippen LogP contribution in [0, 0.1) is 0 Å². The van der Waals surface area contributed by atoms with Gasteiger partial charge in [-0.3, -0.25) is 0 Å². The van der Waals surface area contributed by atoms with Gasteiger partial charge in [-0.05, 0) is 30.3 Å². The van der Waals surface area contributed by atoms with Crippen molar-refractivity contribution in [2.24, 2.45) is 5.14 Å². The van der Waals surface area contributed by atoms with Crippen LogP contribution in [0.1, 0.15) is 0 Å². The average molecular weight is 431 g/mol. The number of rotatable bonds is 4. The zero-order chi connectivity index (χ0) is 19.1. The third-order valence-corrected chi connectivity index (χ3v) is 7.77. The number of pyridine rings is 1. The maximum atomic E-state index is 12.6. The standard InChI is InChI=1S/C14H11ClN4O4S3/c15-11-5-8(26(17,22)23)1-3-10(11)14-19-7-13(24-14)25(20,21)9-2-4-12(16)18-6-9/h1-7H,(H2,16,18)(H2,17,22,23). The van der Waals surface area contributed by atoms with Gasteiger partial charge >= 0.3 is 0 Å². The summed E-state index contributed by atoms with van der Waals surface area (Å²) in [6.07, 6.45) is 2.37. The molecule has 0 aliphatic rings. The Bertz CT molecular complexity index is 1190. The highest BCUT2D eigenvalue weighted by atomic mass is 35.5. The molecule has 26 heavy (non-hydrogen) atoms. The van der Waals surface area contributed by atoms with E-state index in [1.165, 1.54) is 36.5 Å². The van der Waals surface area contributed by atoms with E-state index in [2.05, 4.69) is 9.97 Å². The summed E-state index contributed by atoms with van der Waals surface area (Å²) in [5, 5.41) is 5.46. The fourth-order valence-electron chi connectivity index (χ4n) is 2.02. The van der Waals surface area contributed by atoms with E-state index in [1.54, 1.807) is 0 Å². The maximum Gasteiger partial charge on any atom is 0.238 e. The highest BCUT2D eigenvalue weighted by Gasteiger charge is 2.22. The van der Waals surface area contributed by atoms with Crippen LogP contribution in [0.15, 0.2) is 56.7 Å². The SMILES string of the molecule is Nc1ccc(S(=O)(=O)c2cnc(-c3ccc(S(N)(=O)=O)cc3Cl)s2)cn1. The number of aromatic nitrogens is 2. The second kappa shape index (κ2) is 6.59. The molecule has 8 nitrogen and oxygen atoms in total. The zero-order valence-corrected chi connectivity index (χ0v) is 16.0. The Morgan fingerprint density at radius 2 is 1.65 bits per heavy atom. The van der Waals surface area contributed by atoms with Crippen LogP contribution in [0.4, 0.5) is 5.82 Å². The molecule has 2 heterocycles. The first kappa shape index (κ1) is 18.7. The fourth-order valence-corrected chi connectivity index (χ4v) is 5.47. The average Bonchev–Trinajstić information content (AvgIpc) is 3.05. The number of nitrogens with two attached hydrogens (primary N) is 2. The topological polar surface area (TPSA) is 146 Å². The lowest BCUT2D eigenvalue weighted by molar-refractivity contribution is 0.596. The van der Waals surface area contributed by atoms with Gasteiger partial charge in [0.05, 0.1) is 21.0 Å². The number of primary sulfonamides is 1. The minimum absolute atomic E-state index is 0.00865. The number of benzene rings is 1. The number of nitrogens with zero attached hydrogens (tertiary/aromatic N) is 2. The smallest absolute Gasteiger partial charge is 0.238 e. The molecule has 0 aliphatic heterocycles. The van der Waals surface area contributed by atoms with Gasteiger partial charge in [0, 0.05) is 11.8 Å². The van der Waals surface area contributed by atoms with Gasteiger partial charge in [0.1, 0.15) is 15.0 Å². The van der Waals surface area contributed by atoms with Gasteiger partial charge in [-0.25, -0.2) is 31.9 Å². The predicted octanol–water partition coefficient (Wildman–Crippen LogP) is 1.92. The van der Waals surface area contributed by atoms with Crippen molar-refractivity contribution in [3.05, 3.63) is 47.7 Å². The van der Waals surface area contributed by atoms with Crippen molar-refractivity contribution in [2.45, 2.75) is 14.0 Å². The molecule has 0 unspecified atom stereocenters. The van der Waals surface area contributed by atoms with Gasteiger partial charge < -0.3 is 5.73 Å². The number of sulfonamides is 1. The first-order valence-corrected chi connectivity index (χ1v) is 11.1. The normalized spacial score (nSPS) is 12.2. The number of anilines is 1. The van der Waals surface area contributed by atoms with E-state index in [1.807, 2.05) is 0 Å². The van der Waals surface area contributed by atoms with Crippen molar-refractivity contribution in [3.63, 3.8) is 0 Å². The Kier molecular flexibility index (Phi) is 4.75. The molecular formula is C14H11ClN4O4S3. The van der Waals surface area contributed by atoms with E-state index in [0.717, 1.165) is 17.5 Å². The lowest BCUT2D eigenvalue weighted by Gasteiger charge is -2.03. The number of hydrogen-bond acceptors (Lipinski definition) is 8. The molecule has 0 aliphatic carbocycles. The molecule has 1 aromatic carbocycles. The summed E-state index contributed by atoms with van der Waals surface area (Å²) < 4.78 is 48.0. The molecule has 0 amide bonds. The van der Waals surface area contributed by atoms with Crippen LogP contribution in [-0.2, 0) is 19.9 Å². The highest BCUT2D eigenvalue weighted by molar-refractivity contribution is 7.93. The lowest BCUT2D eigenvalue weighted by Crippen LogP contribution is -2.11. The van der Waals surface area contributed by atoms with Crippen molar-refractivity contribution < 1.29 is 16.8 Å². The quantitative estimate of drug-likeness (QED) is 0.642. The first-order valence-electron chi connectivity index (χ1n) is 6.84. The minimum atomic E-state index is -3.90. The van der Waals surface area contributed by atoms with E-state index in [-0.39, 0.29) is 24.8 Å². The summed E-state index contributed by atoms with van der Waals surface area (Å²) in [6.45, 7) is 0. The summed E-state index contributed by atoms with van der Waals surface area (Å²) in [4.78, 5) is 7.69. The van der Waals surface area contributed by atoms with Gasteiger partial charge in [0.15, 0.2) is 0 Å². The van der Waals surface area contributed by atoms with Crippen molar-refractivity contribution in [2.75, 3.05) is 5.73 Å². The van der Waals surface area contributed by atoms with E-state index in [0.29, 0.717) is 10.6 Å². The minimum Gasteiger partial charge on any atom is -0.384 e. The highest BCUT2D eigenvalue weighted by Crippen LogP contribution is 2.35. The first-order chi connectivity index (χ1) is 12.1. The molecule has 3 aromatic rings. The summed E-state index contributed by atoms with van der Waals surface area (Å²) in [7, 11) is -7.70. The second-order valence-corrected chi connectivity index (χ2v) is 10.3. The molecule has 0 fully saturated rings. The molecule has 3 rings (SSSR count). The zero-order valence-electron chi connectivity index (χ0n) is 12.8. The second-order valence-electron chi connectivity index (χ2n) is 5.09. The molecular weight excluding hydrogens is 420 g/mol. The van der Waals surface area contributed by atoms with Crippen LogP contribution >= 0.6 is 22.9 Å². The van der Waals surface area contributed by atoms with Crippen molar-refractivity contribution >= 4 is 48.6 Å². The van der Waals surface area contributed by atoms with Crippen LogP contribution < -0.4 is 10.9 Å². The number of nitrogen functional groups attached to an aromatic ring is 1. The molecule has 0 atom stereocenters. The van der Waals surface area contributed by atoms with Crippen molar-refractivity contribution in [1.29, 1.82) is 0 Å². The monoisotopic (exact) mass is 430 g/mol. The largest absolute Gasteiger partial charge is 0.384 e. The van der Waals surface area contributed by atoms with Crippen LogP contribution in [0.5, 0.6) is 0 Å². The van der Waals surface area contributed by atoms with E-state index < -0.39 is 19.9 Å². The van der Waals surface area contributed by atoms with Gasteiger partial charge in [-0.15, -0.1) is 11.3 Å². The van der Waals surface area contributed by atoms with E-state index >= 15 is 0 Å². The van der Waals surface area contributed by atoms with E-state index in [4.69, 9.17) is 22.5 Å². The summed E-state index contributed by atoms with van der Waals surface area (Å²) in [5.74, 6) is 0.204. The molecule has 0 radical (unpaired) electrons. The Morgan fingerprint density at radius 1 is 0.962 bits per heavy atom. The molecule has 4 N–H and O–H groups in total. The fraction of sp³-hybridized carbons (Fsp3) is 0. The number of sulfone groups is 1. The maximum absolute atomic E-state index is 12.6. The summed E-state index contributed by atoms with van der Waals surface area (Å²) >= 11 is 7.00. The van der Waals surface area contributed by atoms with Gasteiger partial charge in [0.25, 0.3) is 0 Å². The summed E-state index contributed by atoms with van der Waals surface area (Å²) in [6, 6.07) is 6.62. The molecule has 136 valence electrons. The lowest BCUT2D eigenvalue weighted by atomic mass is 10.2. The number of thiazole rings is 1. The molecule has 0 spiro atoms. The van der Waals surface area contributed by atoms with Crippen molar-refractivity contribution in [1.82, 2.24) is 9.97 Å². The van der Waals surface area contributed by atoms with E-state index in [9.17, 15) is 16.8 Å². The van der Waals surface area contributed by atoms with Crippen LogP contribution in [0.3, 0.4) is 0 Å². The Balaban J connectivity index is 2.02. The van der Waals surface area contributed by atoms with Crippen LogP contribution in [0.25, 0.3) is 10.6 Å². The van der Waals surface area contributed by atoms with Gasteiger partial charge in [-0.2, -0.15) is 0 Å². The third-order valence-electron chi connectivity index (χ3n) is 3.32. The van der Waals surface area contributed by atoms with Crippen LogP contribution in [-0.4, -0.2) is 26.8 Å². The molecule has 0 saturated carbocycles. The van der Waals surface area contributed by atoms with Crippen LogP contribution in [0.2, 0.25) is 5.02 Å². The number of hydrogen-bond donors (Lipinski definition) is 2. The predicted molar refractivity (Wildman–Crippen MR) is 98.0 cm³/mol. The molecule has 0 saturated heterocycles. The number of halogens is 1. The Hall–Kier alpha value is -2.05. The van der Waals surface area contributed by atoms with Gasteiger partial charge in [-0.1, -0.05) is 11.6 Å².